The fraction of sp³-hybridized carbons (Fsp3) is 0.0784. The molecule has 0 fully saturated rings. The van der Waals surface area contributed by atoms with Gasteiger partial charge in [0.05, 0.1) is 45.7 Å². The van der Waals surface area contributed by atoms with E-state index in [0.717, 1.165) is 111 Å². The van der Waals surface area contributed by atoms with Crippen molar-refractivity contribution in [1.29, 1.82) is 0 Å². The number of carbonyl (C=O) groups excluding carboxylic acids is 3. The van der Waals surface area contributed by atoms with Crippen LogP contribution in [-0.2, 0) is 115 Å². The first-order valence-corrected chi connectivity index (χ1v) is 38.3. The molecule has 20 aromatic rings. The number of hydrogen-bond donors (Lipinski definition) is 3. The molecule has 0 spiro atoms. The standard InChI is InChI=1S/2C18H13N2.3C17H11N2.3C5H8O2.5Ir/c2*1-12-9-10-14-13-6-2-3-7-15(13)20-18(14)17(12)16-8-4-5-11-19-16;3*1-2-10-16-12(6-1)13-7-5-8-14(17(13)19-16)15-9-3-4-11-18-15;3*1-4(6)3-5(2)7;;;;;/h2*2-11H,1H3;3*1-11H;3*3,6H,1-2H3;;;;;/q5*-1;;;;;;;;. The Morgan fingerprint density at radius 1 is 0.236 bits per heavy atom. The maximum Gasteiger partial charge on any atom is 0.155 e. The number of pyridine rings is 5. The summed E-state index contributed by atoms with van der Waals surface area (Å²) in [6.45, 7) is 12.8. The van der Waals surface area contributed by atoms with Crippen LogP contribution < -0.4 is 24.9 Å². The summed E-state index contributed by atoms with van der Waals surface area (Å²) in [5, 5.41) is 37.1. The zero-order valence-corrected chi connectivity index (χ0v) is 80.0. The van der Waals surface area contributed by atoms with Gasteiger partial charge in [0.25, 0.3) is 0 Å². The number of aryl methyl sites for hydroxylation is 2. The first-order valence-electron chi connectivity index (χ1n) is 38.3. The van der Waals surface area contributed by atoms with Crippen LogP contribution in [0.25, 0.3) is 165 Å². The van der Waals surface area contributed by atoms with E-state index in [1.54, 1.807) is 0 Å². The van der Waals surface area contributed by atoms with E-state index in [9.17, 15) is 14.4 Å². The average molecular weight is 2510 g/mol. The van der Waals surface area contributed by atoms with Crippen molar-refractivity contribution in [2.75, 3.05) is 0 Å². The number of carbonyl (C=O) groups is 3. The summed E-state index contributed by atoms with van der Waals surface area (Å²) in [5.74, 6) is -0.187. The first-order chi connectivity index (χ1) is 57.4. The Hall–Kier alpha value is -12.2. The molecular weight excluding hydrogens is 2420 g/mol. The Balaban J connectivity index is 0.000000179. The number of hydrogen-bond acceptors (Lipinski definition) is 11. The number of fused-ring (bicyclic) bond motifs is 15. The summed E-state index contributed by atoms with van der Waals surface area (Å²) in [6.07, 6.45) is 12.6. The number of para-hydroxylation sites is 8. The topological polar surface area (TPSA) is 247 Å². The fourth-order valence-corrected chi connectivity index (χ4v) is 14.0. The van der Waals surface area contributed by atoms with Crippen molar-refractivity contribution in [3.8, 4) is 56.3 Å². The molecule has 0 aliphatic carbocycles. The van der Waals surface area contributed by atoms with Crippen LogP contribution in [0.4, 0.5) is 0 Å². The van der Waals surface area contributed by atoms with Gasteiger partial charge in [0.1, 0.15) is 0 Å². The molecule has 0 amide bonds. The van der Waals surface area contributed by atoms with Gasteiger partial charge in [0, 0.05) is 150 Å². The van der Waals surface area contributed by atoms with Crippen LogP contribution in [0.15, 0.2) is 358 Å². The molecule has 627 valence electrons. The van der Waals surface area contributed by atoms with Gasteiger partial charge in [-0.3, -0.25) is 39.3 Å². The second-order valence-electron chi connectivity index (χ2n) is 27.8. The molecular formula is C102H83Ir5N10O6-5. The van der Waals surface area contributed by atoms with Crippen LogP contribution in [-0.4, -0.2) is 57.6 Å². The zero-order chi connectivity index (χ0) is 82.6. The summed E-state index contributed by atoms with van der Waals surface area (Å²) in [6, 6.07) is 98.6. The van der Waals surface area contributed by atoms with Crippen LogP contribution in [0.2, 0.25) is 0 Å². The van der Waals surface area contributed by atoms with Crippen LogP contribution in [0, 0.1) is 13.8 Å². The smallest absolute Gasteiger partial charge is 0.155 e. The van der Waals surface area contributed by atoms with Crippen molar-refractivity contribution in [1.82, 2.24) is 49.8 Å². The van der Waals surface area contributed by atoms with Gasteiger partial charge in [-0.05, 0) is 209 Å². The number of aromatic nitrogens is 10. The number of allylic oxidation sites excluding steroid dienone is 6. The number of ketones is 3. The Kier molecular flexibility index (Phi) is 36.2. The minimum atomic E-state index is -0.125. The number of benzene rings is 10. The van der Waals surface area contributed by atoms with E-state index in [0.29, 0.717) is 0 Å². The predicted molar refractivity (Wildman–Crippen MR) is 481 cm³/mol. The van der Waals surface area contributed by atoms with Gasteiger partial charge in [0.2, 0.25) is 0 Å². The number of rotatable bonds is 8. The molecule has 0 aliphatic rings. The minimum absolute atomic E-state index is 0. The third-order valence-corrected chi connectivity index (χ3v) is 18.9. The number of aliphatic hydroxyl groups excluding tert-OH is 3. The molecule has 0 saturated heterocycles. The molecule has 123 heavy (non-hydrogen) atoms. The van der Waals surface area contributed by atoms with Gasteiger partial charge < -0.3 is 40.2 Å². The number of nitrogens with zero attached hydrogens (tertiary/aromatic N) is 10. The van der Waals surface area contributed by atoms with Gasteiger partial charge in [0.15, 0.2) is 17.3 Å². The molecule has 10 aromatic carbocycles. The molecule has 10 heterocycles. The monoisotopic (exact) mass is 2510 g/mol. The largest absolute Gasteiger partial charge is 0.656 e. The second-order valence-corrected chi connectivity index (χ2v) is 27.8. The van der Waals surface area contributed by atoms with E-state index in [4.69, 9.17) is 40.2 Å². The maximum atomic E-state index is 10.0. The van der Waals surface area contributed by atoms with Crippen molar-refractivity contribution in [2.45, 2.75) is 55.4 Å². The normalized spacial score (nSPS) is 10.8. The maximum absolute atomic E-state index is 10.0. The number of aliphatic hydroxyl groups is 3. The SMILES string of the molecule is CC(=O)C=C(C)O.CC(=O)C=C(C)O.CC(=O)C=C(C)O.Cc1ccc2c([n-]c3ccccc32)c1-c1ccccn1.Cc1ccc2c([n-]c3ccccc32)c1-c1ccccn1.[Ir].[Ir].[Ir].[Ir].[Ir].c1ccc(-c2cccc3c2[n-]c2ccccc23)nc1.c1ccc(-c2cccc3c2[n-]c2ccccc23)nc1.c1ccc(-c2cccc3c2[n-]c2ccccc23)nc1. The third kappa shape index (κ3) is 24.0. The van der Waals surface area contributed by atoms with Crippen molar-refractivity contribution in [3.05, 3.63) is 369 Å². The summed E-state index contributed by atoms with van der Waals surface area (Å²) in [7, 11) is 0. The molecule has 0 unspecified atom stereocenters. The van der Waals surface area contributed by atoms with E-state index in [2.05, 4.69) is 209 Å². The Morgan fingerprint density at radius 2 is 0.439 bits per heavy atom. The van der Waals surface area contributed by atoms with Crippen molar-refractivity contribution >= 4 is 126 Å². The van der Waals surface area contributed by atoms with E-state index in [1.807, 2.05) is 152 Å². The van der Waals surface area contributed by atoms with Crippen LogP contribution in [0.5, 0.6) is 0 Å². The van der Waals surface area contributed by atoms with E-state index in [1.165, 1.54) is 125 Å². The second kappa shape index (κ2) is 46.2. The zero-order valence-electron chi connectivity index (χ0n) is 68.0. The molecule has 0 saturated carbocycles. The van der Waals surface area contributed by atoms with Gasteiger partial charge in [-0.25, -0.2) is 0 Å². The van der Waals surface area contributed by atoms with Crippen LogP contribution >= 0.6 is 0 Å². The molecule has 20 rings (SSSR count). The summed E-state index contributed by atoms with van der Waals surface area (Å²) in [4.78, 5) is 76.2. The van der Waals surface area contributed by atoms with Crippen LogP contribution in [0.3, 0.4) is 0 Å². The van der Waals surface area contributed by atoms with Gasteiger partial charge in [-0.2, -0.15) is 0 Å². The van der Waals surface area contributed by atoms with Crippen LogP contribution in [0.1, 0.15) is 52.7 Å². The van der Waals surface area contributed by atoms with Gasteiger partial charge in [-0.1, -0.05) is 231 Å². The molecule has 3 N–H and O–H groups in total. The Morgan fingerprint density at radius 3 is 0.650 bits per heavy atom. The quantitative estimate of drug-likeness (QED) is 0.0945. The van der Waals surface area contributed by atoms with Crippen molar-refractivity contribution < 1.29 is 130 Å². The minimum Gasteiger partial charge on any atom is -0.656 e. The summed E-state index contributed by atoms with van der Waals surface area (Å²) >= 11 is 0. The average Bonchev–Trinajstić information content (AvgIpc) is 1.62. The van der Waals surface area contributed by atoms with E-state index in [-0.39, 0.29) is 135 Å². The molecule has 5 radical (unpaired) electrons. The summed E-state index contributed by atoms with van der Waals surface area (Å²) < 4.78 is 0. The molecule has 0 bridgehead atoms. The van der Waals surface area contributed by atoms with Gasteiger partial charge in [-0.15, -0.1) is 55.2 Å². The molecule has 0 atom stereocenters. The Labute approximate surface area is 779 Å². The summed E-state index contributed by atoms with van der Waals surface area (Å²) in [5.41, 5.74) is 23.2. The molecule has 10 aromatic heterocycles. The molecule has 21 heteroatoms. The molecule has 16 nitrogen and oxygen atoms in total. The molecule has 0 aliphatic heterocycles. The van der Waals surface area contributed by atoms with Crippen molar-refractivity contribution in [2.24, 2.45) is 0 Å². The predicted octanol–water partition coefficient (Wildman–Crippen LogP) is 23.8. The third-order valence-electron chi connectivity index (χ3n) is 18.9. The van der Waals surface area contributed by atoms with Gasteiger partial charge >= 0.3 is 0 Å². The fourth-order valence-electron chi connectivity index (χ4n) is 14.0. The van der Waals surface area contributed by atoms with E-state index < -0.39 is 0 Å². The van der Waals surface area contributed by atoms with E-state index >= 15 is 0 Å². The first kappa shape index (κ1) is 96.3. The Bertz CT molecular complexity index is 6450. The van der Waals surface area contributed by atoms with Crippen molar-refractivity contribution in [3.63, 3.8) is 0 Å².